The third kappa shape index (κ3) is 3.11. The lowest BCUT2D eigenvalue weighted by molar-refractivity contribution is 0.102. The molecule has 0 bridgehead atoms. The van der Waals surface area contributed by atoms with E-state index in [1.165, 1.54) is 6.07 Å². The number of halogens is 1. The van der Waals surface area contributed by atoms with E-state index in [4.69, 9.17) is 0 Å². The molecule has 104 valence electrons. The van der Waals surface area contributed by atoms with Crippen LogP contribution in [0.15, 0.2) is 46.9 Å². The van der Waals surface area contributed by atoms with Crippen LogP contribution in [0, 0.1) is 0 Å². The lowest BCUT2D eigenvalue weighted by Gasteiger charge is -2.17. The molecule has 0 heterocycles. The number of aromatic hydroxyl groups is 1. The molecule has 1 amide bonds. The summed E-state index contributed by atoms with van der Waals surface area (Å²) in [6.45, 7) is 0. The van der Waals surface area contributed by atoms with Gasteiger partial charge in [0.1, 0.15) is 5.75 Å². The van der Waals surface area contributed by atoms with Crippen molar-refractivity contribution in [3.8, 4) is 5.75 Å². The Hall–Kier alpha value is -2.01. The molecule has 2 N–H and O–H groups in total. The second-order valence-electron chi connectivity index (χ2n) is 4.53. The highest BCUT2D eigenvalue weighted by molar-refractivity contribution is 9.10. The zero-order valence-electron chi connectivity index (χ0n) is 11.2. The van der Waals surface area contributed by atoms with E-state index in [0.29, 0.717) is 5.69 Å². The normalized spacial score (nSPS) is 10.2. The fraction of sp³-hybridized carbons (Fsp3) is 0.133. The van der Waals surface area contributed by atoms with Crippen molar-refractivity contribution < 1.29 is 9.90 Å². The predicted octanol–water partition coefficient (Wildman–Crippen LogP) is 3.47. The van der Waals surface area contributed by atoms with Gasteiger partial charge in [0.2, 0.25) is 0 Å². The number of para-hydroxylation sites is 2. The van der Waals surface area contributed by atoms with Crippen LogP contribution < -0.4 is 10.2 Å². The summed E-state index contributed by atoms with van der Waals surface area (Å²) in [5.74, 6) is -0.400. The number of nitrogens with zero attached hydrogens (tertiary/aromatic N) is 1. The number of phenolic OH excluding ortho intramolecular Hbond substituents is 1. The van der Waals surface area contributed by atoms with E-state index in [1.54, 1.807) is 12.1 Å². The summed E-state index contributed by atoms with van der Waals surface area (Å²) in [4.78, 5) is 14.1. The molecule has 0 saturated carbocycles. The van der Waals surface area contributed by atoms with Gasteiger partial charge in [-0.15, -0.1) is 0 Å². The third-order valence-corrected chi connectivity index (χ3v) is 3.33. The molecule has 0 saturated heterocycles. The van der Waals surface area contributed by atoms with Crippen LogP contribution in [-0.4, -0.2) is 25.1 Å². The third-order valence-electron chi connectivity index (χ3n) is 2.84. The van der Waals surface area contributed by atoms with Gasteiger partial charge < -0.3 is 15.3 Å². The van der Waals surface area contributed by atoms with Gasteiger partial charge in [-0.3, -0.25) is 4.79 Å². The van der Waals surface area contributed by atoms with Crippen LogP contribution in [0.3, 0.4) is 0 Å². The van der Waals surface area contributed by atoms with Crippen molar-refractivity contribution >= 4 is 33.2 Å². The Labute approximate surface area is 126 Å². The van der Waals surface area contributed by atoms with E-state index >= 15 is 0 Å². The molecule has 0 spiro atoms. The minimum Gasteiger partial charge on any atom is -0.507 e. The molecule has 0 unspecified atom stereocenters. The number of phenols is 1. The molecule has 5 heteroatoms. The number of anilines is 2. The first-order valence-corrected chi connectivity index (χ1v) is 6.84. The fourth-order valence-electron chi connectivity index (χ4n) is 1.86. The second-order valence-corrected chi connectivity index (χ2v) is 5.44. The Morgan fingerprint density at radius 1 is 1.20 bits per heavy atom. The fourth-order valence-corrected chi connectivity index (χ4v) is 2.20. The lowest BCUT2D eigenvalue weighted by atomic mass is 10.1. The van der Waals surface area contributed by atoms with Gasteiger partial charge in [-0.05, 0) is 30.3 Å². The monoisotopic (exact) mass is 334 g/mol. The minimum atomic E-state index is -0.343. The highest BCUT2D eigenvalue weighted by Crippen LogP contribution is 2.27. The number of hydrogen-bond acceptors (Lipinski definition) is 3. The van der Waals surface area contributed by atoms with Gasteiger partial charge in [-0.2, -0.15) is 0 Å². The maximum absolute atomic E-state index is 12.2. The first kappa shape index (κ1) is 14.4. The average molecular weight is 335 g/mol. The van der Waals surface area contributed by atoms with E-state index in [0.717, 1.165) is 10.2 Å². The Bertz CT molecular complexity index is 642. The molecule has 2 aromatic carbocycles. The maximum Gasteiger partial charge on any atom is 0.259 e. The molecule has 0 atom stereocenters. The highest BCUT2D eigenvalue weighted by Gasteiger charge is 2.13. The SMILES string of the molecule is CN(C)c1ccccc1NC(=O)c1ccc(Br)cc1O. The number of amides is 1. The summed E-state index contributed by atoms with van der Waals surface area (Å²) < 4.78 is 0.722. The molecule has 0 radical (unpaired) electrons. The smallest absolute Gasteiger partial charge is 0.259 e. The first-order chi connectivity index (χ1) is 9.49. The van der Waals surface area contributed by atoms with Crippen molar-refractivity contribution in [1.82, 2.24) is 0 Å². The van der Waals surface area contributed by atoms with Gasteiger partial charge in [0.25, 0.3) is 5.91 Å². The first-order valence-electron chi connectivity index (χ1n) is 6.05. The van der Waals surface area contributed by atoms with Crippen molar-refractivity contribution in [3.63, 3.8) is 0 Å². The van der Waals surface area contributed by atoms with Gasteiger partial charge in [0.15, 0.2) is 0 Å². The molecule has 20 heavy (non-hydrogen) atoms. The highest BCUT2D eigenvalue weighted by atomic mass is 79.9. The van der Waals surface area contributed by atoms with Crippen molar-refractivity contribution in [2.75, 3.05) is 24.3 Å². The minimum absolute atomic E-state index is 0.0563. The van der Waals surface area contributed by atoms with Gasteiger partial charge in [-0.25, -0.2) is 0 Å². The van der Waals surface area contributed by atoms with Crippen LogP contribution in [-0.2, 0) is 0 Å². The molecule has 4 nitrogen and oxygen atoms in total. The Kier molecular flexibility index (Phi) is 4.29. The molecule has 0 aliphatic heterocycles. The van der Waals surface area contributed by atoms with Crippen LogP contribution in [0.1, 0.15) is 10.4 Å². The van der Waals surface area contributed by atoms with Crippen LogP contribution >= 0.6 is 15.9 Å². The van der Waals surface area contributed by atoms with Gasteiger partial charge in [-0.1, -0.05) is 28.1 Å². The number of rotatable bonds is 3. The van der Waals surface area contributed by atoms with Crippen LogP contribution in [0.2, 0.25) is 0 Å². The zero-order valence-corrected chi connectivity index (χ0v) is 12.8. The van der Waals surface area contributed by atoms with Crippen LogP contribution in [0.4, 0.5) is 11.4 Å². The topological polar surface area (TPSA) is 52.6 Å². The van der Waals surface area contributed by atoms with Crippen molar-refractivity contribution in [3.05, 3.63) is 52.5 Å². The van der Waals surface area contributed by atoms with Gasteiger partial charge in [0.05, 0.1) is 16.9 Å². The second kappa shape index (κ2) is 5.96. The predicted molar refractivity (Wildman–Crippen MR) is 84.5 cm³/mol. The van der Waals surface area contributed by atoms with E-state index in [2.05, 4.69) is 21.2 Å². The largest absolute Gasteiger partial charge is 0.507 e. The van der Waals surface area contributed by atoms with Crippen molar-refractivity contribution in [1.29, 1.82) is 0 Å². The number of carbonyl (C=O) groups excluding carboxylic acids is 1. The number of carbonyl (C=O) groups is 1. The Morgan fingerprint density at radius 3 is 2.55 bits per heavy atom. The lowest BCUT2D eigenvalue weighted by Crippen LogP contribution is -2.16. The van der Waals surface area contributed by atoms with E-state index in [9.17, 15) is 9.90 Å². The summed E-state index contributed by atoms with van der Waals surface area (Å²) >= 11 is 3.24. The van der Waals surface area contributed by atoms with Gasteiger partial charge >= 0.3 is 0 Å². The Morgan fingerprint density at radius 2 is 1.90 bits per heavy atom. The molecule has 2 rings (SSSR count). The summed E-state index contributed by atoms with van der Waals surface area (Å²) in [5, 5.41) is 12.6. The Balaban J connectivity index is 2.28. The summed E-state index contributed by atoms with van der Waals surface area (Å²) in [6.07, 6.45) is 0. The maximum atomic E-state index is 12.2. The standard InChI is InChI=1S/C15H15BrN2O2/c1-18(2)13-6-4-3-5-12(13)17-15(20)11-8-7-10(16)9-14(11)19/h3-9,19H,1-2H3,(H,17,20). The average Bonchev–Trinajstić information content (AvgIpc) is 2.38. The molecule has 0 aliphatic rings. The summed E-state index contributed by atoms with van der Waals surface area (Å²) in [5.41, 5.74) is 1.84. The number of hydrogen-bond donors (Lipinski definition) is 2. The molecule has 0 aromatic heterocycles. The molecule has 2 aromatic rings. The molecular formula is C15H15BrN2O2. The zero-order chi connectivity index (χ0) is 14.7. The summed E-state index contributed by atoms with van der Waals surface area (Å²) in [7, 11) is 3.81. The van der Waals surface area contributed by atoms with E-state index in [1.807, 2.05) is 43.3 Å². The van der Waals surface area contributed by atoms with Crippen molar-refractivity contribution in [2.45, 2.75) is 0 Å². The quantitative estimate of drug-likeness (QED) is 0.903. The van der Waals surface area contributed by atoms with E-state index in [-0.39, 0.29) is 17.2 Å². The number of nitrogens with one attached hydrogen (secondary N) is 1. The van der Waals surface area contributed by atoms with E-state index < -0.39 is 0 Å². The van der Waals surface area contributed by atoms with Gasteiger partial charge in [0, 0.05) is 18.6 Å². The molecule has 0 aliphatic carbocycles. The number of benzene rings is 2. The van der Waals surface area contributed by atoms with Crippen molar-refractivity contribution in [2.24, 2.45) is 0 Å². The van der Waals surface area contributed by atoms with Crippen LogP contribution in [0.25, 0.3) is 0 Å². The molecular weight excluding hydrogens is 320 g/mol. The summed E-state index contributed by atoms with van der Waals surface area (Å²) in [6, 6.07) is 12.3. The molecule has 0 fully saturated rings. The van der Waals surface area contributed by atoms with Crippen LogP contribution in [0.5, 0.6) is 5.75 Å².